The van der Waals surface area contributed by atoms with Gasteiger partial charge in [0, 0.05) is 17.4 Å². The number of nitrogens with zero attached hydrogens (tertiary/aromatic N) is 5. The molecule has 0 radical (unpaired) electrons. The third-order valence-corrected chi connectivity index (χ3v) is 8.21. The number of rotatable bonds is 8. The number of carboxylic acid groups (broad SMARTS) is 1. The molecule has 37 heavy (non-hydrogen) atoms. The van der Waals surface area contributed by atoms with Gasteiger partial charge in [-0.2, -0.15) is 0 Å². The van der Waals surface area contributed by atoms with Crippen molar-refractivity contribution in [1.82, 2.24) is 19.6 Å². The number of thiazole rings is 1. The number of aromatic nitrogens is 3. The number of amides is 2. The summed E-state index contributed by atoms with van der Waals surface area (Å²) in [5.41, 5.74) is 6.70. The molecule has 1 fully saturated rings. The minimum atomic E-state index is -1.45. The van der Waals surface area contributed by atoms with Gasteiger partial charge in [0.05, 0.1) is 17.9 Å². The maximum atomic E-state index is 13.1. The molecule has 0 spiro atoms. The van der Waals surface area contributed by atoms with E-state index >= 15 is 0 Å². The van der Waals surface area contributed by atoms with Gasteiger partial charge in [0.1, 0.15) is 47.0 Å². The summed E-state index contributed by atoms with van der Waals surface area (Å²) in [5.74, 6) is -2.45. The molecule has 192 valence electrons. The highest BCUT2D eigenvalue weighted by molar-refractivity contribution is 8.00. The lowest BCUT2D eigenvalue weighted by Gasteiger charge is -2.50. The Labute approximate surface area is 223 Å². The number of halogens is 1. The number of aliphatic carboxylic acids is 1. The number of imidazole rings is 1. The number of carbonyl (C=O) groups is 3. The van der Waals surface area contributed by atoms with Crippen LogP contribution >= 0.6 is 34.7 Å². The lowest BCUT2D eigenvalue weighted by atomic mass is 10.0. The van der Waals surface area contributed by atoms with Crippen molar-refractivity contribution in [3.05, 3.63) is 58.1 Å². The van der Waals surface area contributed by atoms with Crippen LogP contribution in [0.2, 0.25) is 4.34 Å². The average molecular weight is 562 g/mol. The van der Waals surface area contributed by atoms with Gasteiger partial charge in [0.25, 0.3) is 17.5 Å². The van der Waals surface area contributed by atoms with Crippen LogP contribution in [0.15, 0.2) is 53.2 Å². The molecule has 0 unspecified atom stereocenters. The van der Waals surface area contributed by atoms with Crippen molar-refractivity contribution in [2.75, 3.05) is 18.1 Å². The van der Waals surface area contributed by atoms with Gasteiger partial charge in [-0.3, -0.25) is 14.5 Å². The average Bonchev–Trinajstić information content (AvgIpc) is 3.44. The Morgan fingerprint density at radius 2 is 2.22 bits per heavy atom. The van der Waals surface area contributed by atoms with E-state index in [1.165, 1.54) is 11.8 Å². The second kappa shape index (κ2) is 10.0. The van der Waals surface area contributed by atoms with Crippen LogP contribution in [0.4, 0.5) is 5.13 Å². The number of nitrogen functional groups attached to an aromatic ring is 1. The summed E-state index contributed by atoms with van der Waals surface area (Å²) in [4.78, 5) is 48.5. The van der Waals surface area contributed by atoms with Crippen molar-refractivity contribution in [2.24, 2.45) is 5.16 Å². The first-order chi connectivity index (χ1) is 17.8. The Hall–Kier alpha value is -3.62. The Morgan fingerprint density at radius 1 is 1.41 bits per heavy atom. The van der Waals surface area contributed by atoms with Gasteiger partial charge < -0.3 is 25.8 Å². The van der Waals surface area contributed by atoms with Crippen molar-refractivity contribution < 1.29 is 28.9 Å². The van der Waals surface area contributed by atoms with E-state index in [1.807, 2.05) is 45.8 Å². The van der Waals surface area contributed by atoms with Crippen molar-refractivity contribution in [3.63, 3.8) is 0 Å². The van der Waals surface area contributed by atoms with Crippen molar-refractivity contribution in [3.8, 4) is 0 Å². The molecule has 2 atom stereocenters. The van der Waals surface area contributed by atoms with Crippen LogP contribution in [0.5, 0.6) is 0 Å². The van der Waals surface area contributed by atoms with Crippen molar-refractivity contribution >= 4 is 69.0 Å². The number of nitrogens with one attached hydrogen (secondary N) is 1. The minimum absolute atomic E-state index is 0.0319. The molecule has 12 nitrogen and oxygen atoms in total. The first kappa shape index (κ1) is 25.0. The van der Waals surface area contributed by atoms with Gasteiger partial charge >= 0.3 is 0 Å². The zero-order valence-electron chi connectivity index (χ0n) is 19.3. The van der Waals surface area contributed by atoms with E-state index in [2.05, 4.69) is 15.5 Å². The fourth-order valence-electron chi connectivity index (χ4n) is 4.17. The maximum absolute atomic E-state index is 13.1. The summed E-state index contributed by atoms with van der Waals surface area (Å²) in [6, 6.07) is 4.69. The molecule has 2 amide bonds. The predicted molar refractivity (Wildman–Crippen MR) is 134 cm³/mol. The number of anilines is 1. The van der Waals surface area contributed by atoms with Crippen LogP contribution in [-0.2, 0) is 25.8 Å². The minimum Gasteiger partial charge on any atom is -0.543 e. The molecule has 3 N–H and O–H groups in total. The van der Waals surface area contributed by atoms with Gasteiger partial charge in [0.2, 0.25) is 0 Å². The van der Waals surface area contributed by atoms with Gasteiger partial charge in [-0.15, -0.1) is 11.8 Å². The zero-order chi connectivity index (χ0) is 26.3. The molecule has 3 aromatic rings. The molecule has 2 aliphatic rings. The highest BCUT2D eigenvalue weighted by Crippen LogP contribution is 2.40. The van der Waals surface area contributed by atoms with E-state index < -0.39 is 29.2 Å². The molecular weight excluding hydrogens is 542 g/mol. The summed E-state index contributed by atoms with van der Waals surface area (Å²) in [5, 5.41) is 18.1. The molecule has 1 saturated heterocycles. The van der Waals surface area contributed by atoms with Crippen LogP contribution < -0.4 is 20.7 Å². The lowest BCUT2D eigenvalue weighted by molar-refractivity contribution is -0.662. The number of carboxylic acids is 1. The summed E-state index contributed by atoms with van der Waals surface area (Å²) in [6.45, 7) is 2.13. The number of carbonyl (C=O) groups excluding carboxylic acids is 3. The van der Waals surface area contributed by atoms with Gasteiger partial charge in [-0.05, 0) is 13.0 Å². The number of pyridine rings is 1. The number of hydrogen-bond acceptors (Lipinski definition) is 10. The SMILES string of the molecule is CCO/N=C(/C(=O)N[C@@H]1C(=O)N2C(C(=O)[O-])=C(C[n+]3ccn4ccccc43)CS[C@H]12)c1nc(N)sc1Cl. The van der Waals surface area contributed by atoms with E-state index in [4.69, 9.17) is 22.2 Å². The van der Waals surface area contributed by atoms with Gasteiger partial charge in [-0.25, -0.2) is 14.0 Å². The number of fused-ring (bicyclic) bond motifs is 2. The monoisotopic (exact) mass is 561 g/mol. The van der Waals surface area contributed by atoms with Crippen LogP contribution in [0, 0.1) is 0 Å². The Morgan fingerprint density at radius 3 is 2.92 bits per heavy atom. The van der Waals surface area contributed by atoms with E-state index in [0.29, 0.717) is 11.3 Å². The molecule has 0 bridgehead atoms. The largest absolute Gasteiger partial charge is 0.543 e. The number of thioether (sulfide) groups is 1. The fourth-order valence-corrected chi connectivity index (χ4v) is 6.44. The summed E-state index contributed by atoms with van der Waals surface area (Å²) < 4.78 is 3.94. The summed E-state index contributed by atoms with van der Waals surface area (Å²) in [7, 11) is 0. The molecule has 3 aromatic heterocycles. The predicted octanol–water partition coefficient (Wildman–Crippen LogP) is -0.236. The Bertz CT molecular complexity index is 1480. The van der Waals surface area contributed by atoms with Gasteiger partial charge in [-0.1, -0.05) is 34.2 Å². The lowest BCUT2D eigenvalue weighted by Crippen LogP contribution is -2.71. The topological polar surface area (TPSA) is 158 Å². The molecule has 15 heteroatoms. The first-order valence-corrected chi connectivity index (χ1v) is 13.3. The second-order valence-electron chi connectivity index (χ2n) is 8.02. The normalized spacial score (nSPS) is 19.6. The smallest absolute Gasteiger partial charge is 0.286 e. The number of hydrogen-bond donors (Lipinski definition) is 2. The molecule has 5 rings (SSSR count). The molecule has 0 aliphatic carbocycles. The summed E-state index contributed by atoms with van der Waals surface area (Å²) in [6.07, 6.45) is 5.58. The maximum Gasteiger partial charge on any atom is 0.286 e. The van der Waals surface area contributed by atoms with Gasteiger partial charge in [0.15, 0.2) is 10.8 Å². The number of oxime groups is 1. The molecule has 0 saturated carbocycles. The molecular formula is C22H20ClN7O5S2. The molecule has 2 aliphatic heterocycles. The molecule has 0 aromatic carbocycles. The third kappa shape index (κ3) is 4.51. The second-order valence-corrected chi connectivity index (χ2v) is 10.8. The van der Waals surface area contributed by atoms with Crippen molar-refractivity contribution in [2.45, 2.75) is 24.9 Å². The standard InChI is InChI=1S/C22H20ClN7O5S2/c1-2-35-27-14(13-17(23)37-22(24)26-13)18(31)25-15-19(32)30-16(21(33)34)11(10-36-20(15)30)9-29-8-7-28-6-4-3-5-12(28)29/h3-8,15,20H,2,9-10H2,1H3,(H3-,24,25,26,31,33,34)/b27-14+/t15-,20-/m1/s1. The first-order valence-electron chi connectivity index (χ1n) is 11.1. The quantitative estimate of drug-likeness (QED) is 0.165. The Kier molecular flexibility index (Phi) is 6.79. The van der Waals surface area contributed by atoms with Crippen LogP contribution in [0.3, 0.4) is 0 Å². The van der Waals surface area contributed by atoms with E-state index in [1.54, 1.807) is 6.92 Å². The number of β-lactam (4-membered cyclic amide) rings is 1. The zero-order valence-corrected chi connectivity index (χ0v) is 21.7. The third-order valence-electron chi connectivity index (χ3n) is 5.78. The van der Waals surface area contributed by atoms with E-state index in [0.717, 1.165) is 21.9 Å². The highest BCUT2D eigenvalue weighted by Gasteiger charge is 2.53. The van der Waals surface area contributed by atoms with Crippen LogP contribution in [0.1, 0.15) is 12.6 Å². The fraction of sp³-hybridized carbons (Fsp3) is 0.273. The van der Waals surface area contributed by atoms with E-state index in [-0.39, 0.29) is 39.7 Å². The van der Waals surface area contributed by atoms with Crippen molar-refractivity contribution in [1.29, 1.82) is 0 Å². The number of nitrogens with two attached hydrogens (primary N) is 1. The molecule has 5 heterocycles. The van der Waals surface area contributed by atoms with Crippen LogP contribution in [0.25, 0.3) is 5.65 Å². The Balaban J connectivity index is 1.38. The summed E-state index contributed by atoms with van der Waals surface area (Å²) >= 11 is 8.46. The van der Waals surface area contributed by atoms with Crippen LogP contribution in [-0.4, -0.2) is 61.6 Å². The van der Waals surface area contributed by atoms with E-state index in [9.17, 15) is 19.5 Å². The highest BCUT2D eigenvalue weighted by atomic mass is 35.5.